The number of carbonyl (C=O) groups excluding carboxylic acids is 1. The maximum Gasteiger partial charge on any atom is 0.414 e. The first-order chi connectivity index (χ1) is 17.7. The number of fused-ring (bicyclic) bond motifs is 1. The van der Waals surface area contributed by atoms with Gasteiger partial charge in [-0.1, -0.05) is 47.5 Å². The molecule has 1 amide bonds. The zero-order chi connectivity index (χ0) is 26.8. The molecule has 0 aliphatic rings. The molecule has 0 radical (unpaired) electrons. The number of hydrogen-bond acceptors (Lipinski definition) is 5. The highest BCUT2D eigenvalue weighted by molar-refractivity contribution is 6.37. The Kier molecular flexibility index (Phi) is 10.0. The number of aromatic nitrogens is 2. The zero-order valence-corrected chi connectivity index (χ0v) is 21.0. The van der Waals surface area contributed by atoms with Gasteiger partial charge in [0.15, 0.2) is 0 Å². The van der Waals surface area contributed by atoms with Gasteiger partial charge >= 0.3 is 11.9 Å². The molecule has 0 aliphatic heterocycles. The van der Waals surface area contributed by atoms with E-state index >= 15 is 0 Å². The average molecular weight is 543 g/mol. The summed E-state index contributed by atoms with van der Waals surface area (Å²) in [4.78, 5) is 35.1. The topological polar surface area (TPSA) is 134 Å². The van der Waals surface area contributed by atoms with Crippen LogP contribution in [0.2, 0.25) is 10.0 Å². The number of carboxylic acid groups (broad SMARTS) is 2. The highest BCUT2D eigenvalue weighted by Gasteiger charge is 2.11. The Balaban J connectivity index is 0.000000568. The molecule has 11 heteroatoms. The molecule has 4 N–H and O–H groups in total. The molecule has 4 aromatic rings. The van der Waals surface area contributed by atoms with Gasteiger partial charge in [0.2, 0.25) is 0 Å². The third-order valence-electron chi connectivity index (χ3n) is 5.15. The van der Waals surface area contributed by atoms with Crippen LogP contribution in [0.5, 0.6) is 0 Å². The van der Waals surface area contributed by atoms with E-state index in [0.717, 1.165) is 48.3 Å². The predicted octanol–water partition coefficient (Wildman–Crippen LogP) is 4.93. The van der Waals surface area contributed by atoms with Crippen LogP contribution in [0.15, 0.2) is 73.1 Å². The van der Waals surface area contributed by atoms with E-state index in [-0.39, 0.29) is 5.91 Å². The molecule has 9 nitrogen and oxygen atoms in total. The number of para-hydroxylation sites is 2. The van der Waals surface area contributed by atoms with E-state index in [1.807, 2.05) is 48.8 Å². The van der Waals surface area contributed by atoms with Crippen LogP contribution < -0.4 is 10.6 Å². The maximum absolute atomic E-state index is 12.5. The van der Waals surface area contributed by atoms with Crippen molar-refractivity contribution in [1.29, 1.82) is 0 Å². The van der Waals surface area contributed by atoms with Gasteiger partial charge in [-0.25, -0.2) is 14.6 Å². The van der Waals surface area contributed by atoms with Gasteiger partial charge < -0.3 is 25.4 Å². The average Bonchev–Trinajstić information content (AvgIpc) is 3.27. The lowest BCUT2D eigenvalue weighted by molar-refractivity contribution is -0.159. The van der Waals surface area contributed by atoms with Crippen molar-refractivity contribution < 1.29 is 24.6 Å². The molecule has 0 aliphatic carbocycles. The first-order valence-electron chi connectivity index (χ1n) is 11.2. The standard InChI is InChI=1S/C24H22Cl2N4O.C2H2O4/c25-18-9-10-20(21(26)14-18)24(31)29-19-6-3-5-17(13-19)15-27-11-4-12-30-16-28-22-7-1-2-8-23(22)30;3-1(4)2(5)6/h1-3,5-10,13-14,16,27H,4,11-12,15H2,(H,29,31);(H,3,4)(H,5,6). The van der Waals surface area contributed by atoms with Crippen molar-refractivity contribution in [3.8, 4) is 0 Å². The summed E-state index contributed by atoms with van der Waals surface area (Å²) in [6.07, 6.45) is 2.88. The number of rotatable bonds is 8. The Labute approximate surface area is 222 Å². The molecule has 4 rings (SSSR count). The van der Waals surface area contributed by atoms with E-state index in [0.29, 0.717) is 15.6 Å². The number of hydrogen-bond donors (Lipinski definition) is 4. The largest absolute Gasteiger partial charge is 0.473 e. The quantitative estimate of drug-likeness (QED) is 0.183. The van der Waals surface area contributed by atoms with Gasteiger partial charge in [-0.15, -0.1) is 0 Å². The molecule has 192 valence electrons. The van der Waals surface area contributed by atoms with Crippen LogP contribution in [0.25, 0.3) is 11.0 Å². The molecule has 1 heterocycles. The molecule has 0 saturated heterocycles. The third kappa shape index (κ3) is 8.32. The number of nitrogens with zero attached hydrogens (tertiary/aromatic N) is 2. The van der Waals surface area contributed by atoms with Crippen LogP contribution in [0.4, 0.5) is 5.69 Å². The number of aryl methyl sites for hydroxylation is 1. The molecular formula is C26H24Cl2N4O5. The first-order valence-corrected chi connectivity index (χ1v) is 11.9. The fourth-order valence-corrected chi connectivity index (χ4v) is 3.92. The SMILES string of the molecule is O=C(Nc1cccc(CNCCCn2cnc3ccccc32)c1)c1ccc(Cl)cc1Cl.O=C(O)C(=O)O. The Bertz CT molecular complexity index is 1390. The normalized spacial score (nSPS) is 10.4. The molecule has 3 aromatic carbocycles. The lowest BCUT2D eigenvalue weighted by atomic mass is 10.1. The minimum Gasteiger partial charge on any atom is -0.473 e. The maximum atomic E-state index is 12.5. The van der Waals surface area contributed by atoms with Crippen molar-refractivity contribution in [3.05, 3.63) is 94.2 Å². The summed E-state index contributed by atoms with van der Waals surface area (Å²) >= 11 is 12.0. The van der Waals surface area contributed by atoms with Gasteiger partial charge in [-0.2, -0.15) is 0 Å². The number of aliphatic carboxylic acids is 2. The molecule has 1 aromatic heterocycles. The van der Waals surface area contributed by atoms with E-state index < -0.39 is 11.9 Å². The Hall–Kier alpha value is -3.92. The van der Waals surface area contributed by atoms with Crippen molar-refractivity contribution >= 4 is 57.8 Å². The summed E-state index contributed by atoms with van der Waals surface area (Å²) in [6, 6.07) is 20.7. The minimum atomic E-state index is -1.82. The first kappa shape index (κ1) is 27.7. The molecular weight excluding hydrogens is 519 g/mol. The van der Waals surface area contributed by atoms with Gasteiger partial charge in [0.1, 0.15) is 0 Å². The Morgan fingerprint density at radius 3 is 2.41 bits per heavy atom. The molecule has 0 saturated carbocycles. The van der Waals surface area contributed by atoms with Gasteiger partial charge in [0.25, 0.3) is 5.91 Å². The number of imidazole rings is 1. The number of carboxylic acids is 2. The van der Waals surface area contributed by atoms with Crippen LogP contribution in [0.1, 0.15) is 22.3 Å². The summed E-state index contributed by atoms with van der Waals surface area (Å²) in [5.41, 5.74) is 4.39. The Morgan fingerprint density at radius 2 is 1.68 bits per heavy atom. The summed E-state index contributed by atoms with van der Waals surface area (Å²) in [5, 5.41) is 22.0. The molecule has 0 bridgehead atoms. The lowest BCUT2D eigenvalue weighted by Crippen LogP contribution is -2.17. The number of benzene rings is 3. The van der Waals surface area contributed by atoms with E-state index in [1.165, 1.54) is 0 Å². The number of anilines is 1. The van der Waals surface area contributed by atoms with Crippen LogP contribution in [-0.4, -0.2) is 44.2 Å². The molecule has 0 atom stereocenters. The number of halogens is 2. The summed E-state index contributed by atoms with van der Waals surface area (Å²) in [7, 11) is 0. The van der Waals surface area contributed by atoms with Crippen LogP contribution >= 0.6 is 23.2 Å². The second-order valence-corrected chi connectivity index (χ2v) is 8.69. The fourth-order valence-electron chi connectivity index (χ4n) is 3.43. The Morgan fingerprint density at radius 1 is 0.919 bits per heavy atom. The molecule has 37 heavy (non-hydrogen) atoms. The van der Waals surface area contributed by atoms with Crippen molar-refractivity contribution in [2.24, 2.45) is 0 Å². The lowest BCUT2D eigenvalue weighted by Gasteiger charge is -2.10. The second-order valence-electron chi connectivity index (χ2n) is 7.85. The van der Waals surface area contributed by atoms with Crippen LogP contribution in [-0.2, 0) is 22.7 Å². The number of nitrogens with one attached hydrogen (secondary N) is 2. The number of carbonyl (C=O) groups is 3. The van der Waals surface area contributed by atoms with Gasteiger partial charge in [-0.05, 0) is 61.0 Å². The third-order valence-corrected chi connectivity index (χ3v) is 5.70. The zero-order valence-electron chi connectivity index (χ0n) is 19.5. The van der Waals surface area contributed by atoms with E-state index in [4.69, 9.17) is 43.0 Å². The van der Waals surface area contributed by atoms with Gasteiger partial charge in [-0.3, -0.25) is 4.79 Å². The molecule has 0 unspecified atom stereocenters. The van der Waals surface area contributed by atoms with Crippen molar-refractivity contribution in [2.45, 2.75) is 19.5 Å². The van der Waals surface area contributed by atoms with Crippen LogP contribution in [0.3, 0.4) is 0 Å². The van der Waals surface area contributed by atoms with E-state index in [9.17, 15) is 4.79 Å². The summed E-state index contributed by atoms with van der Waals surface area (Å²) < 4.78 is 2.18. The minimum absolute atomic E-state index is 0.265. The summed E-state index contributed by atoms with van der Waals surface area (Å²) in [6.45, 7) is 2.50. The van der Waals surface area contributed by atoms with Crippen LogP contribution in [0, 0.1) is 0 Å². The highest BCUT2D eigenvalue weighted by atomic mass is 35.5. The van der Waals surface area contributed by atoms with Gasteiger partial charge in [0.05, 0.1) is 27.9 Å². The fraction of sp³-hybridized carbons (Fsp3) is 0.154. The number of amides is 1. The van der Waals surface area contributed by atoms with E-state index in [1.54, 1.807) is 18.2 Å². The molecule has 0 fully saturated rings. The van der Waals surface area contributed by atoms with Gasteiger partial charge in [0, 0.05) is 23.8 Å². The highest BCUT2D eigenvalue weighted by Crippen LogP contribution is 2.22. The van der Waals surface area contributed by atoms with E-state index in [2.05, 4.69) is 26.3 Å². The van der Waals surface area contributed by atoms with Crippen molar-refractivity contribution in [2.75, 3.05) is 11.9 Å². The summed E-state index contributed by atoms with van der Waals surface area (Å²) in [5.74, 6) is -3.91. The predicted molar refractivity (Wildman–Crippen MR) is 142 cm³/mol. The smallest absolute Gasteiger partial charge is 0.414 e. The van der Waals surface area contributed by atoms with Crippen molar-refractivity contribution in [3.63, 3.8) is 0 Å². The molecule has 0 spiro atoms. The van der Waals surface area contributed by atoms with Crippen molar-refractivity contribution in [1.82, 2.24) is 14.9 Å². The second kappa shape index (κ2) is 13.4. The monoisotopic (exact) mass is 542 g/mol.